The van der Waals surface area contributed by atoms with Crippen LogP contribution in [0.2, 0.25) is 0 Å². The van der Waals surface area contributed by atoms with E-state index in [0.29, 0.717) is 41.9 Å². The second-order valence-corrected chi connectivity index (χ2v) is 7.49. The molecule has 0 atom stereocenters. The molecule has 1 amide bonds. The van der Waals surface area contributed by atoms with Crippen LogP contribution in [0, 0.1) is 6.92 Å². The van der Waals surface area contributed by atoms with E-state index >= 15 is 0 Å². The number of piperidine rings is 1. The smallest absolute Gasteiger partial charge is 0.254 e. The summed E-state index contributed by atoms with van der Waals surface area (Å²) in [4.78, 5) is 19.4. The number of aromatic nitrogens is 2. The molecule has 1 fully saturated rings. The van der Waals surface area contributed by atoms with E-state index in [1.807, 2.05) is 36.1 Å². The summed E-state index contributed by atoms with van der Waals surface area (Å²) in [6.45, 7) is 3.30. The molecule has 2 heterocycles. The zero-order valence-corrected chi connectivity index (χ0v) is 17.4. The maximum absolute atomic E-state index is 13.0. The number of carbonyl (C=O) groups is 1. The number of likely N-dealkylation sites (tertiary alicyclic amines) is 1. The quantitative estimate of drug-likeness (QED) is 0.634. The maximum Gasteiger partial charge on any atom is 0.254 e. The van der Waals surface area contributed by atoms with Gasteiger partial charge in [0.1, 0.15) is 11.5 Å². The van der Waals surface area contributed by atoms with Crippen molar-refractivity contribution in [3.63, 3.8) is 0 Å². The zero-order valence-electron chi connectivity index (χ0n) is 17.4. The molecule has 0 unspecified atom stereocenters. The lowest BCUT2D eigenvalue weighted by Gasteiger charge is -2.30. The molecule has 0 spiro atoms. The van der Waals surface area contributed by atoms with Crippen LogP contribution in [0.3, 0.4) is 0 Å². The van der Waals surface area contributed by atoms with Crippen LogP contribution in [0.25, 0.3) is 11.4 Å². The Morgan fingerprint density at radius 3 is 2.40 bits per heavy atom. The van der Waals surface area contributed by atoms with Crippen molar-refractivity contribution in [3.8, 4) is 22.9 Å². The van der Waals surface area contributed by atoms with Crippen molar-refractivity contribution in [3.05, 3.63) is 59.5 Å². The molecule has 1 saturated heterocycles. The first kappa shape index (κ1) is 19.9. The van der Waals surface area contributed by atoms with Crippen molar-refractivity contribution in [2.45, 2.75) is 25.7 Å². The molecular weight excluding hydrogens is 382 g/mol. The molecule has 156 valence electrons. The van der Waals surface area contributed by atoms with Gasteiger partial charge in [0, 0.05) is 36.2 Å². The number of methoxy groups -OCH3 is 2. The standard InChI is InChI=1S/C23H25N3O4/c1-15-5-4-6-17(11-15)21-24-22(30-25-21)16-7-9-26(10-8-16)23(27)18-12-19(28-2)14-20(13-18)29-3/h4-6,11-14,16H,7-10H2,1-3H3. The van der Waals surface area contributed by atoms with Gasteiger partial charge in [-0.1, -0.05) is 28.9 Å². The van der Waals surface area contributed by atoms with E-state index in [0.717, 1.165) is 24.0 Å². The molecule has 2 aromatic carbocycles. The van der Waals surface area contributed by atoms with Gasteiger partial charge in [0.25, 0.3) is 5.91 Å². The Morgan fingerprint density at radius 1 is 1.07 bits per heavy atom. The first-order valence-corrected chi connectivity index (χ1v) is 10.0. The van der Waals surface area contributed by atoms with Crippen molar-refractivity contribution < 1.29 is 18.8 Å². The molecule has 1 aliphatic rings. The molecule has 0 saturated carbocycles. The lowest BCUT2D eigenvalue weighted by molar-refractivity contribution is 0.0704. The van der Waals surface area contributed by atoms with E-state index in [-0.39, 0.29) is 11.8 Å². The molecule has 7 nitrogen and oxygen atoms in total. The average Bonchev–Trinajstić information content (AvgIpc) is 3.28. The van der Waals surface area contributed by atoms with Gasteiger partial charge in [0.05, 0.1) is 14.2 Å². The lowest BCUT2D eigenvalue weighted by Crippen LogP contribution is -2.38. The minimum Gasteiger partial charge on any atom is -0.497 e. The minimum absolute atomic E-state index is 0.0309. The van der Waals surface area contributed by atoms with Crippen LogP contribution in [0.4, 0.5) is 0 Å². The zero-order chi connectivity index (χ0) is 21.1. The van der Waals surface area contributed by atoms with Crippen LogP contribution in [0.5, 0.6) is 11.5 Å². The van der Waals surface area contributed by atoms with E-state index in [9.17, 15) is 4.79 Å². The van der Waals surface area contributed by atoms with Crippen LogP contribution >= 0.6 is 0 Å². The van der Waals surface area contributed by atoms with Crippen molar-refractivity contribution >= 4 is 5.91 Å². The average molecular weight is 407 g/mol. The summed E-state index contributed by atoms with van der Waals surface area (Å²) < 4.78 is 16.1. The number of benzene rings is 2. The van der Waals surface area contributed by atoms with Gasteiger partial charge < -0.3 is 18.9 Å². The summed E-state index contributed by atoms with van der Waals surface area (Å²) in [5.41, 5.74) is 2.66. The number of hydrogen-bond acceptors (Lipinski definition) is 6. The van der Waals surface area contributed by atoms with Crippen LogP contribution in [0.1, 0.15) is 40.6 Å². The van der Waals surface area contributed by atoms with E-state index < -0.39 is 0 Å². The third-order valence-electron chi connectivity index (χ3n) is 5.45. The third kappa shape index (κ3) is 4.15. The number of ether oxygens (including phenoxy) is 2. The largest absolute Gasteiger partial charge is 0.497 e. The van der Waals surface area contributed by atoms with Crippen molar-refractivity contribution in [1.29, 1.82) is 0 Å². The second-order valence-electron chi connectivity index (χ2n) is 7.49. The predicted molar refractivity (Wildman–Crippen MR) is 112 cm³/mol. The molecule has 0 bridgehead atoms. The molecule has 4 rings (SSSR count). The number of carbonyl (C=O) groups excluding carboxylic acids is 1. The maximum atomic E-state index is 13.0. The van der Waals surface area contributed by atoms with Crippen LogP contribution < -0.4 is 9.47 Å². The molecule has 0 aliphatic carbocycles. The fraction of sp³-hybridized carbons (Fsp3) is 0.348. The molecule has 7 heteroatoms. The Labute approximate surface area is 175 Å². The van der Waals surface area contributed by atoms with E-state index in [2.05, 4.69) is 10.1 Å². The molecule has 0 N–H and O–H groups in total. The van der Waals surface area contributed by atoms with Crippen molar-refractivity contribution in [1.82, 2.24) is 15.0 Å². The Kier molecular flexibility index (Phi) is 5.70. The van der Waals surface area contributed by atoms with Crippen LogP contribution in [-0.2, 0) is 0 Å². The lowest BCUT2D eigenvalue weighted by atomic mass is 9.96. The topological polar surface area (TPSA) is 77.7 Å². The molecule has 1 aromatic heterocycles. The van der Waals surface area contributed by atoms with Gasteiger partial charge in [-0.25, -0.2) is 0 Å². The van der Waals surface area contributed by atoms with Gasteiger partial charge in [-0.3, -0.25) is 4.79 Å². The van der Waals surface area contributed by atoms with E-state index in [1.165, 1.54) is 0 Å². The van der Waals surface area contributed by atoms with Crippen LogP contribution in [-0.4, -0.2) is 48.3 Å². The Balaban J connectivity index is 1.42. The predicted octanol–water partition coefficient (Wildman–Crippen LogP) is 4.08. The van der Waals surface area contributed by atoms with Gasteiger partial charge >= 0.3 is 0 Å². The highest BCUT2D eigenvalue weighted by Gasteiger charge is 2.28. The first-order chi connectivity index (χ1) is 14.6. The van der Waals surface area contributed by atoms with Gasteiger partial charge in [-0.2, -0.15) is 4.98 Å². The van der Waals surface area contributed by atoms with Gasteiger partial charge in [0.15, 0.2) is 0 Å². The Bertz CT molecular complexity index is 1020. The summed E-state index contributed by atoms with van der Waals surface area (Å²) in [6, 6.07) is 13.3. The molecule has 1 aliphatic heterocycles. The summed E-state index contributed by atoms with van der Waals surface area (Å²) in [7, 11) is 3.15. The minimum atomic E-state index is -0.0309. The third-order valence-corrected chi connectivity index (χ3v) is 5.45. The van der Waals surface area contributed by atoms with Gasteiger partial charge in [0.2, 0.25) is 11.7 Å². The summed E-state index contributed by atoms with van der Waals surface area (Å²) in [5, 5.41) is 4.15. The molecule has 0 radical (unpaired) electrons. The van der Waals surface area contributed by atoms with Crippen molar-refractivity contribution in [2.24, 2.45) is 0 Å². The highest BCUT2D eigenvalue weighted by atomic mass is 16.5. The monoisotopic (exact) mass is 407 g/mol. The molecular formula is C23H25N3O4. The fourth-order valence-electron chi connectivity index (χ4n) is 3.75. The van der Waals surface area contributed by atoms with E-state index in [4.69, 9.17) is 14.0 Å². The summed E-state index contributed by atoms with van der Waals surface area (Å²) in [5.74, 6) is 2.57. The highest BCUT2D eigenvalue weighted by Crippen LogP contribution is 2.30. The SMILES string of the molecule is COc1cc(OC)cc(C(=O)N2CCC(c3nc(-c4cccc(C)c4)no3)CC2)c1. The number of nitrogens with zero attached hydrogens (tertiary/aromatic N) is 3. The Morgan fingerprint density at radius 2 is 1.77 bits per heavy atom. The normalized spacial score (nSPS) is 14.6. The highest BCUT2D eigenvalue weighted by molar-refractivity contribution is 5.95. The van der Waals surface area contributed by atoms with Gasteiger partial charge in [-0.15, -0.1) is 0 Å². The van der Waals surface area contributed by atoms with Gasteiger partial charge in [-0.05, 0) is 38.0 Å². The molecule has 30 heavy (non-hydrogen) atoms. The summed E-state index contributed by atoms with van der Waals surface area (Å²) in [6.07, 6.45) is 1.56. The van der Waals surface area contributed by atoms with Crippen LogP contribution in [0.15, 0.2) is 47.0 Å². The fourth-order valence-corrected chi connectivity index (χ4v) is 3.75. The number of hydrogen-bond donors (Lipinski definition) is 0. The molecule has 3 aromatic rings. The first-order valence-electron chi connectivity index (χ1n) is 10.0. The number of aryl methyl sites for hydroxylation is 1. The second kappa shape index (κ2) is 8.57. The number of amides is 1. The Hall–Kier alpha value is -3.35. The number of rotatable bonds is 5. The van der Waals surface area contributed by atoms with E-state index in [1.54, 1.807) is 32.4 Å². The summed E-state index contributed by atoms with van der Waals surface area (Å²) >= 11 is 0. The van der Waals surface area contributed by atoms with Crippen molar-refractivity contribution in [2.75, 3.05) is 27.3 Å².